The Bertz CT molecular complexity index is 1680. The summed E-state index contributed by atoms with van der Waals surface area (Å²) in [5.41, 5.74) is 12.8. The summed E-state index contributed by atoms with van der Waals surface area (Å²) in [6, 6.07) is 18.6. The lowest BCUT2D eigenvalue weighted by Crippen LogP contribution is -2.60. The number of aliphatic hydroxyl groups excluding tert-OH is 1. The number of aliphatic hydroxyl groups is 1. The maximum atomic E-state index is 13.7. The number of benzene rings is 2. The van der Waals surface area contributed by atoms with Crippen molar-refractivity contribution in [2.24, 2.45) is 16.5 Å². The van der Waals surface area contributed by atoms with E-state index in [-0.39, 0.29) is 44.1 Å². The topological polar surface area (TPSA) is 231 Å². The molecule has 0 radical (unpaired) electrons. The van der Waals surface area contributed by atoms with Crippen molar-refractivity contribution < 1.29 is 29.1 Å². The molecule has 14 heteroatoms. The van der Waals surface area contributed by atoms with Crippen LogP contribution in [0.25, 0.3) is 0 Å². The lowest BCUT2D eigenvalue weighted by molar-refractivity contribution is -0.141. The Hall–Kier alpha value is -5.63. The van der Waals surface area contributed by atoms with Crippen molar-refractivity contribution in [3.8, 4) is 0 Å². The minimum atomic E-state index is -1.52. The Labute approximate surface area is 303 Å². The van der Waals surface area contributed by atoms with Crippen LogP contribution < -0.4 is 32.7 Å². The summed E-state index contributed by atoms with van der Waals surface area (Å²) in [4.78, 5) is 75.2. The lowest BCUT2D eigenvalue weighted by atomic mass is 10.0. The van der Waals surface area contributed by atoms with Crippen molar-refractivity contribution in [2.75, 3.05) is 6.54 Å². The van der Waals surface area contributed by atoms with Crippen LogP contribution in [-0.4, -0.2) is 76.2 Å². The van der Waals surface area contributed by atoms with E-state index in [2.05, 4.69) is 31.2 Å². The van der Waals surface area contributed by atoms with Gasteiger partial charge in [0.25, 0.3) is 5.91 Å². The van der Waals surface area contributed by atoms with Gasteiger partial charge in [-0.3, -0.25) is 33.9 Å². The molecule has 0 spiro atoms. The number of hydrogen-bond acceptors (Lipinski definition) is 8. The van der Waals surface area contributed by atoms with E-state index in [0.29, 0.717) is 25.7 Å². The molecule has 0 bridgehead atoms. The minimum Gasteiger partial charge on any atom is -0.391 e. The number of Topliss-reactive ketones (excluding diaryl/α,β-unsaturated/α-hetero) is 1. The second-order valence-electron chi connectivity index (χ2n) is 13.0. The van der Waals surface area contributed by atoms with Crippen LogP contribution in [0.5, 0.6) is 0 Å². The smallest absolute Gasteiger partial charge is 0.290 e. The number of nitrogens with two attached hydrogens (primary N) is 2. The molecule has 52 heavy (non-hydrogen) atoms. The number of carbonyl (C=O) groups is 5. The normalized spacial score (nSPS) is 15.1. The van der Waals surface area contributed by atoms with Gasteiger partial charge in [0.05, 0.1) is 17.7 Å². The van der Waals surface area contributed by atoms with Gasteiger partial charge in [-0.05, 0) is 74.6 Å². The Morgan fingerprint density at radius 2 is 1.48 bits per heavy atom. The summed E-state index contributed by atoms with van der Waals surface area (Å²) in [5, 5.41) is 21.4. The average molecular weight is 713 g/mol. The molecule has 1 saturated carbocycles. The third-order valence-electron chi connectivity index (χ3n) is 8.88. The van der Waals surface area contributed by atoms with E-state index in [1.807, 2.05) is 66.7 Å². The molecule has 0 unspecified atom stereocenters. The van der Waals surface area contributed by atoms with E-state index in [9.17, 15) is 29.1 Å². The molecule has 1 aliphatic rings. The summed E-state index contributed by atoms with van der Waals surface area (Å²) in [6.45, 7) is 1.45. The first-order valence-corrected chi connectivity index (χ1v) is 17.5. The number of ketones is 1. The molecule has 9 N–H and O–H groups in total. The van der Waals surface area contributed by atoms with Crippen LogP contribution in [0.2, 0.25) is 0 Å². The molecule has 1 aromatic heterocycles. The maximum absolute atomic E-state index is 13.7. The van der Waals surface area contributed by atoms with E-state index >= 15 is 0 Å². The number of aliphatic imine (C=N–C) groups is 1. The molecular weight excluding hydrogens is 664 g/mol. The first kappa shape index (κ1) is 39.2. The number of aryl methyl sites for hydroxylation is 2. The van der Waals surface area contributed by atoms with Gasteiger partial charge in [0.15, 0.2) is 5.96 Å². The zero-order valence-electron chi connectivity index (χ0n) is 29.3. The van der Waals surface area contributed by atoms with E-state index in [0.717, 1.165) is 16.7 Å². The number of aromatic nitrogens is 1. The van der Waals surface area contributed by atoms with E-state index < -0.39 is 53.3 Å². The SMILES string of the molecule is C[C@@H](O)[C@H](NC(=O)[C@H](CCc1ccccc1)NC(=O)CCc1ccccc1)C(=O)N[C@@H](CCCN=C(N)N)C(=O)C(=O)NC1(c2cccnc2)CC1. The molecule has 14 nitrogen and oxygen atoms in total. The number of pyridine rings is 1. The Balaban J connectivity index is 1.46. The van der Waals surface area contributed by atoms with Crippen molar-refractivity contribution in [1.29, 1.82) is 0 Å². The van der Waals surface area contributed by atoms with E-state index in [4.69, 9.17) is 11.5 Å². The van der Waals surface area contributed by atoms with Gasteiger partial charge in [0.1, 0.15) is 12.1 Å². The number of nitrogens with zero attached hydrogens (tertiary/aromatic N) is 2. The number of carbonyl (C=O) groups excluding carboxylic acids is 5. The number of amides is 4. The molecule has 1 fully saturated rings. The monoisotopic (exact) mass is 712 g/mol. The fourth-order valence-electron chi connectivity index (χ4n) is 5.78. The van der Waals surface area contributed by atoms with Crippen molar-refractivity contribution in [3.05, 3.63) is 102 Å². The van der Waals surface area contributed by atoms with Gasteiger partial charge >= 0.3 is 0 Å². The first-order valence-electron chi connectivity index (χ1n) is 17.5. The number of hydrogen-bond donors (Lipinski definition) is 7. The Morgan fingerprint density at radius 1 is 0.827 bits per heavy atom. The van der Waals surface area contributed by atoms with Gasteiger partial charge in [0.2, 0.25) is 23.5 Å². The number of rotatable bonds is 20. The predicted octanol–water partition coefficient (Wildman–Crippen LogP) is 0.910. The van der Waals surface area contributed by atoms with Gasteiger partial charge in [0, 0.05) is 25.4 Å². The predicted molar refractivity (Wildman–Crippen MR) is 195 cm³/mol. The average Bonchev–Trinajstić information content (AvgIpc) is 3.93. The summed E-state index contributed by atoms with van der Waals surface area (Å²) in [7, 11) is 0. The highest BCUT2D eigenvalue weighted by atomic mass is 16.3. The zero-order chi connectivity index (χ0) is 37.5. The fourth-order valence-corrected chi connectivity index (χ4v) is 5.78. The van der Waals surface area contributed by atoms with Gasteiger partial charge in [-0.15, -0.1) is 0 Å². The molecule has 3 aromatic rings. The number of nitrogens with one attached hydrogen (secondary N) is 4. The highest BCUT2D eigenvalue weighted by Crippen LogP contribution is 2.45. The third kappa shape index (κ3) is 12.0. The largest absolute Gasteiger partial charge is 0.391 e. The molecule has 4 rings (SSSR count). The van der Waals surface area contributed by atoms with Gasteiger partial charge < -0.3 is 37.8 Å². The molecule has 4 amide bonds. The summed E-state index contributed by atoms with van der Waals surface area (Å²) in [6.07, 6.45) is 4.55. The van der Waals surface area contributed by atoms with Gasteiger partial charge in [-0.25, -0.2) is 0 Å². The first-order chi connectivity index (χ1) is 25.0. The second-order valence-corrected chi connectivity index (χ2v) is 13.0. The molecule has 0 aliphatic heterocycles. The highest BCUT2D eigenvalue weighted by molar-refractivity contribution is 6.38. The molecule has 4 atom stereocenters. The highest BCUT2D eigenvalue weighted by Gasteiger charge is 2.47. The lowest BCUT2D eigenvalue weighted by Gasteiger charge is -2.27. The van der Waals surface area contributed by atoms with Crippen LogP contribution in [0.1, 0.15) is 62.1 Å². The van der Waals surface area contributed by atoms with Crippen molar-refractivity contribution >= 4 is 35.4 Å². The van der Waals surface area contributed by atoms with Crippen molar-refractivity contribution in [3.63, 3.8) is 0 Å². The molecule has 2 aromatic carbocycles. The second kappa shape index (κ2) is 19.1. The standard InChI is InChI=1S/C38H48N8O6/c1-25(47)32(45-34(50)30(18-16-26-10-4-2-5-11-26)43-31(48)19-17-27-12-6-3-7-13-27)35(51)44-29(15-9-23-42-37(39)40)33(49)36(52)46-38(20-21-38)28-14-8-22-41-24-28/h2-8,10-14,22,24-25,29-30,32,47H,9,15-21,23H2,1H3,(H,43,48)(H,44,51)(H,45,50)(H,46,52)(H4,39,40,42)/t25-,29+,30+,32+/m1/s1. The third-order valence-corrected chi connectivity index (χ3v) is 8.88. The summed E-state index contributed by atoms with van der Waals surface area (Å²) in [5.74, 6) is -3.89. The molecule has 1 aliphatic carbocycles. The van der Waals surface area contributed by atoms with Crippen LogP contribution >= 0.6 is 0 Å². The van der Waals surface area contributed by atoms with Gasteiger partial charge in [-0.2, -0.15) is 0 Å². The molecular formula is C38H48N8O6. The Morgan fingerprint density at radius 3 is 2.06 bits per heavy atom. The van der Waals surface area contributed by atoms with Gasteiger partial charge in [-0.1, -0.05) is 66.7 Å². The van der Waals surface area contributed by atoms with Crippen LogP contribution in [-0.2, 0) is 42.4 Å². The van der Waals surface area contributed by atoms with Crippen LogP contribution in [0, 0.1) is 0 Å². The Kier molecular flexibility index (Phi) is 14.4. The fraction of sp³-hybridized carbons (Fsp3) is 0.395. The van der Waals surface area contributed by atoms with Crippen LogP contribution in [0.3, 0.4) is 0 Å². The maximum Gasteiger partial charge on any atom is 0.290 e. The minimum absolute atomic E-state index is 0.00762. The summed E-state index contributed by atoms with van der Waals surface area (Å²) >= 11 is 0. The zero-order valence-corrected chi connectivity index (χ0v) is 29.3. The van der Waals surface area contributed by atoms with Crippen molar-refractivity contribution in [2.45, 2.75) is 88.1 Å². The van der Waals surface area contributed by atoms with Crippen LogP contribution in [0.4, 0.5) is 0 Å². The molecule has 0 saturated heterocycles. The quantitative estimate of drug-likeness (QED) is 0.0382. The van der Waals surface area contributed by atoms with Crippen LogP contribution in [0.15, 0.2) is 90.2 Å². The number of guanidine groups is 1. The van der Waals surface area contributed by atoms with E-state index in [1.165, 1.54) is 6.92 Å². The molecule has 276 valence electrons. The summed E-state index contributed by atoms with van der Waals surface area (Å²) < 4.78 is 0. The molecule has 1 heterocycles. The van der Waals surface area contributed by atoms with Crippen molar-refractivity contribution in [1.82, 2.24) is 26.3 Å². The van der Waals surface area contributed by atoms with E-state index in [1.54, 1.807) is 18.5 Å².